The summed E-state index contributed by atoms with van der Waals surface area (Å²) >= 11 is 0. The van der Waals surface area contributed by atoms with Gasteiger partial charge < -0.3 is 0 Å². The van der Waals surface area contributed by atoms with E-state index in [1.165, 1.54) is 6.42 Å². The van der Waals surface area contributed by atoms with Crippen molar-refractivity contribution in [2.45, 2.75) is 58.0 Å². The van der Waals surface area contributed by atoms with Gasteiger partial charge in [-0.3, -0.25) is 0 Å². The first-order chi connectivity index (χ1) is 4.86. The molecule has 0 atom stereocenters. The summed E-state index contributed by atoms with van der Waals surface area (Å²) in [5.41, 5.74) is 0.0868. The second-order valence-electron chi connectivity index (χ2n) is 4.97. The van der Waals surface area contributed by atoms with Crippen molar-refractivity contribution in [3.05, 3.63) is 0 Å². The third-order valence-corrected chi connectivity index (χ3v) is 2.89. The van der Waals surface area contributed by atoms with Crippen LogP contribution in [0, 0.1) is 0 Å². The van der Waals surface area contributed by atoms with Crippen LogP contribution in [0.5, 0.6) is 0 Å². The van der Waals surface area contributed by atoms with Gasteiger partial charge in [0.25, 0.3) is 0 Å². The second kappa shape index (κ2) is 2.46. The Hall–Kier alpha value is -0.0800. The van der Waals surface area contributed by atoms with E-state index >= 15 is 0 Å². The number of quaternary nitrogens is 1. The van der Waals surface area contributed by atoms with Crippen molar-refractivity contribution in [2.24, 2.45) is 0 Å². The maximum absolute atomic E-state index is 9.88. The first kappa shape index (κ1) is 9.01. The van der Waals surface area contributed by atoms with Crippen molar-refractivity contribution in [3.63, 3.8) is 0 Å². The Labute approximate surface area is 69.2 Å². The Kier molecular flexibility index (Phi) is 2.01. The molecular weight excluding hydrogens is 138 g/mol. The summed E-state index contributed by atoms with van der Waals surface area (Å²) in [6.45, 7) is 8.51. The molecule has 0 aromatic heterocycles. The standard InChI is InChI=1S/C9H19NO/c1-8(2)6-5-7-9(3,4)10(8)11/h11H,5-7H2,1-4H3/p+1. The molecule has 0 radical (unpaired) electrons. The van der Waals surface area contributed by atoms with Crippen molar-refractivity contribution < 1.29 is 10.3 Å². The Balaban J connectivity index is 2.76. The van der Waals surface area contributed by atoms with E-state index in [-0.39, 0.29) is 11.1 Å². The van der Waals surface area contributed by atoms with Gasteiger partial charge in [-0.15, -0.1) is 0 Å². The lowest BCUT2D eigenvalue weighted by Gasteiger charge is -2.43. The van der Waals surface area contributed by atoms with Crippen LogP contribution in [0.4, 0.5) is 0 Å². The van der Waals surface area contributed by atoms with Crippen LogP contribution in [-0.2, 0) is 0 Å². The highest BCUT2D eigenvalue weighted by atomic mass is 16.5. The highest BCUT2D eigenvalue weighted by Gasteiger charge is 2.45. The molecule has 0 bridgehead atoms. The summed E-state index contributed by atoms with van der Waals surface area (Å²) < 4.78 is 0. The fourth-order valence-corrected chi connectivity index (χ4v) is 2.13. The van der Waals surface area contributed by atoms with Crippen molar-refractivity contribution >= 4 is 0 Å². The van der Waals surface area contributed by atoms with Gasteiger partial charge in [0.2, 0.25) is 0 Å². The lowest BCUT2D eigenvalue weighted by atomic mass is 9.82. The predicted molar refractivity (Wildman–Crippen MR) is 44.8 cm³/mol. The molecule has 1 fully saturated rings. The molecule has 0 unspecified atom stereocenters. The first-order valence-electron chi connectivity index (χ1n) is 4.43. The minimum Gasteiger partial charge on any atom is -0.218 e. The van der Waals surface area contributed by atoms with Crippen LogP contribution in [0.2, 0.25) is 0 Å². The third-order valence-electron chi connectivity index (χ3n) is 2.89. The first-order valence-corrected chi connectivity index (χ1v) is 4.43. The molecule has 66 valence electrons. The highest BCUT2D eigenvalue weighted by molar-refractivity contribution is 4.78. The minimum absolute atomic E-state index is 0.0434. The molecule has 1 aliphatic heterocycles. The number of hydroxylamine groups is 2. The van der Waals surface area contributed by atoms with Gasteiger partial charge in [-0.2, -0.15) is 5.06 Å². The predicted octanol–water partition coefficient (Wildman–Crippen LogP) is 1.00. The molecule has 0 aromatic carbocycles. The van der Waals surface area contributed by atoms with Gasteiger partial charge >= 0.3 is 0 Å². The average Bonchev–Trinajstić information content (AvgIpc) is 1.82. The molecule has 2 nitrogen and oxygen atoms in total. The molecule has 1 heterocycles. The maximum atomic E-state index is 9.88. The monoisotopic (exact) mass is 158 g/mol. The molecule has 1 rings (SSSR count). The molecule has 1 aliphatic rings. The van der Waals surface area contributed by atoms with Gasteiger partial charge in [0.05, 0.1) is 0 Å². The van der Waals surface area contributed by atoms with E-state index in [4.69, 9.17) is 0 Å². The third kappa shape index (κ3) is 1.57. The Morgan fingerprint density at radius 1 is 1.00 bits per heavy atom. The van der Waals surface area contributed by atoms with Gasteiger partial charge in [-0.1, -0.05) is 0 Å². The van der Waals surface area contributed by atoms with E-state index < -0.39 is 0 Å². The number of hydrogen-bond donors (Lipinski definition) is 2. The molecule has 2 N–H and O–H groups in total. The highest BCUT2D eigenvalue weighted by Crippen LogP contribution is 2.21. The van der Waals surface area contributed by atoms with E-state index in [0.717, 1.165) is 12.8 Å². The summed E-state index contributed by atoms with van der Waals surface area (Å²) in [5, 5.41) is 10.6. The number of hydrogen-bond acceptors (Lipinski definition) is 1. The quantitative estimate of drug-likeness (QED) is 0.540. The second-order valence-corrected chi connectivity index (χ2v) is 4.97. The minimum atomic E-state index is 0.0434. The summed E-state index contributed by atoms with van der Waals surface area (Å²) in [6.07, 6.45) is 3.49. The number of piperidine rings is 1. The Morgan fingerprint density at radius 3 is 1.64 bits per heavy atom. The zero-order valence-corrected chi connectivity index (χ0v) is 8.07. The smallest absolute Gasteiger partial charge is 0.122 e. The van der Waals surface area contributed by atoms with Crippen molar-refractivity contribution in [3.8, 4) is 0 Å². The lowest BCUT2D eigenvalue weighted by molar-refractivity contribution is -1.16. The summed E-state index contributed by atoms with van der Waals surface area (Å²) in [6, 6.07) is 0. The zero-order valence-electron chi connectivity index (χ0n) is 8.07. The van der Waals surface area contributed by atoms with Crippen molar-refractivity contribution in [2.75, 3.05) is 0 Å². The van der Waals surface area contributed by atoms with Gasteiger partial charge in [-0.25, -0.2) is 5.21 Å². The van der Waals surface area contributed by atoms with Crippen LogP contribution < -0.4 is 5.06 Å². The molecule has 0 aliphatic carbocycles. The molecule has 11 heavy (non-hydrogen) atoms. The van der Waals surface area contributed by atoms with Crippen LogP contribution >= 0.6 is 0 Å². The number of rotatable bonds is 0. The van der Waals surface area contributed by atoms with Gasteiger partial charge in [0.15, 0.2) is 0 Å². The van der Waals surface area contributed by atoms with Crippen LogP contribution in [0.1, 0.15) is 47.0 Å². The molecule has 2 heteroatoms. The van der Waals surface area contributed by atoms with E-state index in [1.54, 1.807) is 0 Å². The fourth-order valence-electron chi connectivity index (χ4n) is 2.13. The molecule has 0 spiro atoms. The van der Waals surface area contributed by atoms with E-state index in [0.29, 0.717) is 5.06 Å². The fraction of sp³-hybridized carbons (Fsp3) is 1.00. The van der Waals surface area contributed by atoms with Crippen LogP contribution in [0.25, 0.3) is 0 Å². The van der Waals surface area contributed by atoms with Crippen molar-refractivity contribution in [1.82, 2.24) is 0 Å². The number of nitrogens with one attached hydrogen (secondary N) is 1. The summed E-state index contributed by atoms with van der Waals surface area (Å²) in [5.74, 6) is 0. The Morgan fingerprint density at radius 2 is 1.36 bits per heavy atom. The van der Waals surface area contributed by atoms with E-state index in [2.05, 4.69) is 27.7 Å². The van der Waals surface area contributed by atoms with E-state index in [9.17, 15) is 5.21 Å². The normalized spacial score (nSPS) is 30.3. The van der Waals surface area contributed by atoms with Crippen molar-refractivity contribution in [1.29, 1.82) is 0 Å². The van der Waals surface area contributed by atoms with Gasteiger partial charge in [-0.05, 0) is 34.1 Å². The van der Waals surface area contributed by atoms with Gasteiger partial charge in [0.1, 0.15) is 11.1 Å². The Bertz CT molecular complexity index is 136. The topological polar surface area (TPSA) is 24.7 Å². The lowest BCUT2D eigenvalue weighted by Crippen LogP contribution is -3.24. The largest absolute Gasteiger partial charge is 0.218 e. The molecular formula is C9H20NO+. The molecule has 0 aromatic rings. The SMILES string of the molecule is CC1(C)CCCC(C)(C)[NH+]1O. The van der Waals surface area contributed by atoms with Crippen LogP contribution in [0.3, 0.4) is 0 Å². The average molecular weight is 158 g/mol. The molecule has 0 saturated carbocycles. The molecule has 0 amide bonds. The summed E-state index contributed by atoms with van der Waals surface area (Å²) in [7, 11) is 0. The summed E-state index contributed by atoms with van der Waals surface area (Å²) in [4.78, 5) is 0. The molecule has 1 saturated heterocycles. The van der Waals surface area contributed by atoms with Crippen LogP contribution in [-0.4, -0.2) is 16.3 Å². The maximum Gasteiger partial charge on any atom is 0.122 e. The van der Waals surface area contributed by atoms with Crippen LogP contribution in [0.15, 0.2) is 0 Å². The zero-order chi connectivity index (χ0) is 8.70. The van der Waals surface area contributed by atoms with E-state index in [1.807, 2.05) is 0 Å². The van der Waals surface area contributed by atoms with Gasteiger partial charge in [0, 0.05) is 12.8 Å².